The lowest BCUT2D eigenvalue weighted by atomic mass is 10.1. The molecule has 0 bridgehead atoms. The van der Waals surface area contributed by atoms with Gasteiger partial charge >= 0.3 is 0 Å². The monoisotopic (exact) mass is 340 g/mol. The summed E-state index contributed by atoms with van der Waals surface area (Å²) < 4.78 is 49.3. The molecule has 0 aliphatic heterocycles. The van der Waals surface area contributed by atoms with Gasteiger partial charge in [0, 0.05) is 18.8 Å². The molecule has 0 aliphatic carbocycles. The van der Waals surface area contributed by atoms with E-state index in [-0.39, 0.29) is 18.3 Å². The Hall–Kier alpha value is -1.86. The summed E-state index contributed by atoms with van der Waals surface area (Å²) in [4.78, 5) is 3.98. The zero-order valence-electron chi connectivity index (χ0n) is 12.9. The van der Waals surface area contributed by atoms with Crippen LogP contribution in [-0.2, 0) is 22.1 Å². The van der Waals surface area contributed by atoms with Crippen molar-refractivity contribution >= 4 is 9.84 Å². The second-order valence-electron chi connectivity index (χ2n) is 5.49. The first-order valence-electron chi connectivity index (χ1n) is 7.04. The van der Waals surface area contributed by atoms with Crippen molar-refractivity contribution in [1.82, 2.24) is 10.3 Å². The van der Waals surface area contributed by atoms with Gasteiger partial charge in [-0.1, -0.05) is 6.07 Å². The predicted molar refractivity (Wildman–Crippen MR) is 84.4 cm³/mol. The van der Waals surface area contributed by atoms with E-state index in [2.05, 4.69) is 10.3 Å². The highest BCUT2D eigenvalue weighted by molar-refractivity contribution is 7.89. The summed E-state index contributed by atoms with van der Waals surface area (Å²) in [5.41, 5.74) is 1.78. The maximum Gasteiger partial charge on any atom is 0.151 e. The minimum atomic E-state index is -3.21. The normalized spacial score (nSPS) is 13.0. The minimum Gasteiger partial charge on any atom is -0.305 e. The number of nitrogens with one attached hydrogen (secondary N) is 1. The zero-order valence-corrected chi connectivity index (χ0v) is 13.7. The van der Waals surface area contributed by atoms with Gasteiger partial charge in [0.05, 0.1) is 17.6 Å². The molecule has 1 aromatic heterocycles. The molecule has 1 heterocycles. The molecule has 1 N–H and O–H groups in total. The van der Waals surface area contributed by atoms with Crippen molar-refractivity contribution < 1.29 is 17.2 Å². The van der Waals surface area contributed by atoms with Crippen molar-refractivity contribution in [2.24, 2.45) is 0 Å². The summed E-state index contributed by atoms with van der Waals surface area (Å²) in [6.45, 7) is 2.12. The van der Waals surface area contributed by atoms with E-state index in [0.717, 1.165) is 12.5 Å². The quantitative estimate of drug-likeness (QED) is 0.878. The van der Waals surface area contributed by atoms with Crippen molar-refractivity contribution in [3.8, 4) is 0 Å². The molecule has 7 heteroatoms. The summed E-state index contributed by atoms with van der Waals surface area (Å²) in [7, 11) is -3.21. The number of hydrogen-bond acceptors (Lipinski definition) is 4. The van der Waals surface area contributed by atoms with E-state index in [9.17, 15) is 17.2 Å². The molecule has 1 unspecified atom stereocenters. The first-order chi connectivity index (χ1) is 10.7. The topological polar surface area (TPSA) is 59.1 Å². The number of pyridine rings is 1. The summed E-state index contributed by atoms with van der Waals surface area (Å²) in [6, 6.07) is 6.74. The molecule has 0 fully saturated rings. The summed E-state index contributed by atoms with van der Waals surface area (Å²) in [5, 5.41) is 3.14. The fraction of sp³-hybridized carbons (Fsp3) is 0.312. The largest absolute Gasteiger partial charge is 0.305 e. The van der Waals surface area contributed by atoms with Crippen LogP contribution >= 0.6 is 0 Å². The van der Waals surface area contributed by atoms with E-state index in [1.807, 2.05) is 6.92 Å². The maximum absolute atomic E-state index is 13.4. The molecule has 2 rings (SSSR count). The summed E-state index contributed by atoms with van der Waals surface area (Å²) >= 11 is 0. The number of aromatic nitrogens is 1. The van der Waals surface area contributed by atoms with Crippen molar-refractivity contribution in [2.75, 3.05) is 6.26 Å². The van der Waals surface area contributed by atoms with Crippen LogP contribution in [0.1, 0.15) is 29.8 Å². The van der Waals surface area contributed by atoms with Crippen LogP contribution in [0.2, 0.25) is 0 Å². The van der Waals surface area contributed by atoms with E-state index in [0.29, 0.717) is 16.8 Å². The molecule has 0 saturated carbocycles. The first-order valence-corrected chi connectivity index (χ1v) is 9.10. The van der Waals surface area contributed by atoms with Crippen LogP contribution in [0.25, 0.3) is 0 Å². The number of hydrogen-bond donors (Lipinski definition) is 1. The van der Waals surface area contributed by atoms with E-state index in [4.69, 9.17) is 0 Å². The van der Waals surface area contributed by atoms with Gasteiger partial charge in [-0.3, -0.25) is 4.98 Å². The van der Waals surface area contributed by atoms with Crippen LogP contribution in [0.15, 0.2) is 36.5 Å². The average Bonchev–Trinajstić information content (AvgIpc) is 2.46. The summed E-state index contributed by atoms with van der Waals surface area (Å²) in [6.07, 6.45) is 2.27. The number of halogens is 2. The molecule has 1 atom stereocenters. The second-order valence-corrected chi connectivity index (χ2v) is 7.63. The maximum atomic E-state index is 13.4. The van der Waals surface area contributed by atoms with Crippen LogP contribution in [0.3, 0.4) is 0 Å². The number of nitrogens with zero attached hydrogens (tertiary/aromatic N) is 1. The lowest BCUT2D eigenvalue weighted by Crippen LogP contribution is -2.20. The molecule has 0 radical (unpaired) electrons. The molecule has 124 valence electrons. The van der Waals surface area contributed by atoms with Gasteiger partial charge in [-0.25, -0.2) is 17.2 Å². The molecule has 0 amide bonds. The Morgan fingerprint density at radius 1 is 1.13 bits per heavy atom. The van der Waals surface area contributed by atoms with Crippen LogP contribution in [0.5, 0.6) is 0 Å². The van der Waals surface area contributed by atoms with Crippen LogP contribution in [0, 0.1) is 11.6 Å². The van der Waals surface area contributed by atoms with Gasteiger partial charge in [-0.2, -0.15) is 0 Å². The zero-order chi connectivity index (χ0) is 17.0. The highest BCUT2D eigenvalue weighted by atomic mass is 32.2. The third-order valence-corrected chi connectivity index (χ3v) is 4.21. The van der Waals surface area contributed by atoms with E-state index >= 15 is 0 Å². The van der Waals surface area contributed by atoms with Gasteiger partial charge < -0.3 is 5.32 Å². The van der Waals surface area contributed by atoms with Crippen molar-refractivity contribution in [3.05, 3.63) is 65.0 Å². The molecule has 0 spiro atoms. The Balaban J connectivity index is 2.13. The minimum absolute atomic E-state index is 0.145. The highest BCUT2D eigenvalue weighted by Crippen LogP contribution is 2.16. The standard InChI is InChI=1S/C16H18F2N2O2S/c1-11(16-6-5-15(18)9-20-16)19-8-13-7-14(17)4-3-12(13)10-23(2,21)22/h3-7,9,11,19H,8,10H2,1-2H3. The molecule has 1 aromatic carbocycles. The third-order valence-electron chi connectivity index (χ3n) is 3.38. The highest BCUT2D eigenvalue weighted by Gasteiger charge is 2.12. The Kier molecular flexibility index (Phi) is 5.43. The van der Waals surface area contributed by atoms with Crippen molar-refractivity contribution in [3.63, 3.8) is 0 Å². The second kappa shape index (κ2) is 7.14. The van der Waals surface area contributed by atoms with Crippen LogP contribution < -0.4 is 5.32 Å². The van der Waals surface area contributed by atoms with Gasteiger partial charge in [-0.05, 0) is 42.3 Å². The predicted octanol–water partition coefficient (Wildman–Crippen LogP) is 2.76. The van der Waals surface area contributed by atoms with Crippen LogP contribution in [0.4, 0.5) is 8.78 Å². The van der Waals surface area contributed by atoms with Gasteiger partial charge in [0.1, 0.15) is 11.6 Å². The third kappa shape index (κ3) is 5.37. The van der Waals surface area contributed by atoms with Gasteiger partial charge in [-0.15, -0.1) is 0 Å². The van der Waals surface area contributed by atoms with Gasteiger partial charge in [0.2, 0.25) is 0 Å². The number of benzene rings is 1. The molecular formula is C16H18F2N2O2S. The van der Waals surface area contributed by atoms with E-state index in [1.54, 1.807) is 6.07 Å². The Morgan fingerprint density at radius 2 is 1.83 bits per heavy atom. The molecule has 2 aromatic rings. The Labute approximate surface area is 134 Å². The Morgan fingerprint density at radius 3 is 2.43 bits per heavy atom. The van der Waals surface area contributed by atoms with Crippen molar-refractivity contribution in [2.45, 2.75) is 25.3 Å². The average molecular weight is 340 g/mol. The van der Waals surface area contributed by atoms with E-state index < -0.39 is 21.5 Å². The SMILES string of the molecule is CC(NCc1cc(F)ccc1CS(C)(=O)=O)c1ccc(F)cn1. The molecule has 23 heavy (non-hydrogen) atoms. The molecule has 0 saturated heterocycles. The van der Waals surface area contributed by atoms with Gasteiger partial charge in [0.15, 0.2) is 9.84 Å². The Bertz CT molecular complexity index is 777. The van der Waals surface area contributed by atoms with Crippen LogP contribution in [-0.4, -0.2) is 19.7 Å². The van der Waals surface area contributed by atoms with Gasteiger partial charge in [0.25, 0.3) is 0 Å². The van der Waals surface area contributed by atoms with E-state index in [1.165, 1.54) is 24.3 Å². The number of rotatable bonds is 6. The summed E-state index contributed by atoms with van der Waals surface area (Å²) in [5.74, 6) is -0.985. The molecule has 0 aliphatic rings. The lowest BCUT2D eigenvalue weighted by Gasteiger charge is -2.15. The lowest BCUT2D eigenvalue weighted by molar-refractivity contribution is 0.549. The number of sulfone groups is 1. The molecule has 4 nitrogen and oxygen atoms in total. The fourth-order valence-corrected chi connectivity index (χ4v) is 3.04. The van der Waals surface area contributed by atoms with Crippen molar-refractivity contribution in [1.29, 1.82) is 0 Å². The smallest absolute Gasteiger partial charge is 0.151 e. The first kappa shape index (κ1) is 17.5. The fourth-order valence-electron chi connectivity index (χ4n) is 2.19. The molecular weight excluding hydrogens is 322 g/mol.